The normalized spacial score (nSPS) is 11.4. The highest BCUT2D eigenvalue weighted by molar-refractivity contribution is 9.10. The van der Waals surface area contributed by atoms with Gasteiger partial charge in [-0.25, -0.2) is 13.8 Å². The summed E-state index contributed by atoms with van der Waals surface area (Å²) >= 11 is 3.53. The van der Waals surface area contributed by atoms with Crippen LogP contribution in [0, 0.1) is 20.8 Å². The lowest BCUT2D eigenvalue weighted by atomic mass is 10.1. The molecule has 0 aliphatic rings. The first kappa shape index (κ1) is 30.8. The van der Waals surface area contributed by atoms with Gasteiger partial charge in [0.2, 0.25) is 0 Å². The number of hydrogen-bond donors (Lipinski definition) is 1. The Kier molecular flexibility index (Phi) is 10.0. The summed E-state index contributed by atoms with van der Waals surface area (Å²) < 4.78 is 40.4. The average Bonchev–Trinajstić information content (AvgIpc) is 2.96. The minimum Gasteiger partial charge on any atom is -0.493 e. The zero-order valence-corrected chi connectivity index (χ0v) is 26.2. The number of hydrogen-bond acceptors (Lipinski definition) is 6. The molecule has 0 atom stereocenters. The lowest BCUT2D eigenvalue weighted by Crippen LogP contribution is -2.39. The monoisotopic (exact) mass is 649 g/mol. The topological polar surface area (TPSA) is 97.3 Å². The molecule has 0 radical (unpaired) electrons. The molecule has 4 aromatic carbocycles. The first-order valence-corrected chi connectivity index (χ1v) is 15.3. The van der Waals surface area contributed by atoms with Gasteiger partial charge in [0.25, 0.3) is 15.9 Å². The Bertz CT molecular complexity index is 1670. The van der Waals surface area contributed by atoms with Gasteiger partial charge in [-0.2, -0.15) is 5.10 Å². The number of sulfonamides is 1. The third-order valence-electron chi connectivity index (χ3n) is 6.27. The number of carbonyl (C=O) groups is 1. The van der Waals surface area contributed by atoms with Crippen LogP contribution < -0.4 is 19.2 Å². The highest BCUT2D eigenvalue weighted by atomic mass is 79.9. The Morgan fingerprint density at radius 1 is 0.929 bits per heavy atom. The predicted octanol–water partition coefficient (Wildman–Crippen LogP) is 6.31. The molecule has 1 amide bonds. The van der Waals surface area contributed by atoms with E-state index < -0.39 is 22.5 Å². The van der Waals surface area contributed by atoms with E-state index in [0.717, 1.165) is 21.0 Å². The summed E-state index contributed by atoms with van der Waals surface area (Å²) in [6.45, 7) is 5.68. The summed E-state index contributed by atoms with van der Waals surface area (Å²) in [4.78, 5) is 13.1. The molecule has 10 heteroatoms. The maximum absolute atomic E-state index is 13.6. The Morgan fingerprint density at radius 2 is 1.60 bits per heavy atom. The van der Waals surface area contributed by atoms with Crippen molar-refractivity contribution in [3.05, 3.63) is 117 Å². The molecule has 4 rings (SSSR count). The van der Waals surface area contributed by atoms with Gasteiger partial charge in [0.05, 0.1) is 28.4 Å². The van der Waals surface area contributed by atoms with Crippen LogP contribution in [-0.4, -0.2) is 34.2 Å². The molecular weight excluding hydrogens is 618 g/mol. The highest BCUT2D eigenvalue weighted by Gasteiger charge is 2.27. The van der Waals surface area contributed by atoms with Gasteiger partial charge in [-0.3, -0.25) is 9.10 Å². The molecule has 0 heterocycles. The molecule has 0 spiro atoms. The van der Waals surface area contributed by atoms with E-state index in [0.29, 0.717) is 33.8 Å². The van der Waals surface area contributed by atoms with Crippen LogP contribution in [0.1, 0.15) is 27.8 Å². The molecule has 0 aromatic heterocycles. The summed E-state index contributed by atoms with van der Waals surface area (Å²) in [5.41, 5.74) is 7.41. The van der Waals surface area contributed by atoms with Gasteiger partial charge in [0, 0.05) is 0 Å². The number of nitrogens with one attached hydrogen (secondary N) is 1. The van der Waals surface area contributed by atoms with Gasteiger partial charge < -0.3 is 9.47 Å². The smallest absolute Gasteiger partial charge is 0.264 e. The Hall–Kier alpha value is -4.15. The van der Waals surface area contributed by atoms with Crippen LogP contribution in [0.2, 0.25) is 0 Å². The van der Waals surface area contributed by atoms with Crippen molar-refractivity contribution < 1.29 is 22.7 Å². The molecule has 42 heavy (non-hydrogen) atoms. The fraction of sp³-hybridized carbons (Fsp3) is 0.188. The lowest BCUT2D eigenvalue weighted by Gasteiger charge is -2.24. The first-order chi connectivity index (χ1) is 20.1. The third-order valence-corrected chi connectivity index (χ3v) is 8.65. The highest BCUT2D eigenvalue weighted by Crippen LogP contribution is 2.37. The molecular formula is C32H32BrN3O5S. The standard InChI is InChI=1S/C32H32BrN3O5S/c1-22-10-12-25(13-11-22)21-41-32-29(33)17-26(18-30(32)40-4)19-34-35-31(37)20-36(27-15-23(2)14-24(3)16-27)42(38,39)28-8-6-5-7-9-28/h5-19H,20-21H2,1-4H3,(H,35,37)/b34-19-. The van der Waals surface area contributed by atoms with E-state index in [1.165, 1.54) is 31.0 Å². The van der Waals surface area contributed by atoms with Crippen molar-refractivity contribution in [2.45, 2.75) is 32.3 Å². The van der Waals surface area contributed by atoms with Crippen molar-refractivity contribution in [2.24, 2.45) is 5.10 Å². The zero-order chi connectivity index (χ0) is 30.3. The molecule has 218 valence electrons. The van der Waals surface area contributed by atoms with E-state index in [-0.39, 0.29) is 4.90 Å². The van der Waals surface area contributed by atoms with Crippen molar-refractivity contribution in [1.29, 1.82) is 0 Å². The molecule has 8 nitrogen and oxygen atoms in total. The number of methoxy groups -OCH3 is 1. The molecule has 0 bridgehead atoms. The molecule has 0 aliphatic carbocycles. The van der Waals surface area contributed by atoms with Crippen molar-refractivity contribution in [2.75, 3.05) is 18.0 Å². The maximum atomic E-state index is 13.6. The van der Waals surface area contributed by atoms with Crippen LogP contribution in [0.4, 0.5) is 5.69 Å². The minimum atomic E-state index is -4.02. The van der Waals surface area contributed by atoms with Crippen LogP contribution in [0.3, 0.4) is 0 Å². The molecule has 1 N–H and O–H groups in total. The molecule has 4 aromatic rings. The summed E-state index contributed by atoms with van der Waals surface area (Å²) in [5.74, 6) is 0.419. The van der Waals surface area contributed by atoms with E-state index in [2.05, 4.69) is 26.5 Å². The first-order valence-electron chi connectivity index (χ1n) is 13.1. The van der Waals surface area contributed by atoms with E-state index in [1.54, 1.807) is 42.5 Å². The lowest BCUT2D eigenvalue weighted by molar-refractivity contribution is -0.119. The molecule has 0 aliphatic heterocycles. The van der Waals surface area contributed by atoms with Crippen LogP contribution in [0.15, 0.2) is 99.4 Å². The fourth-order valence-electron chi connectivity index (χ4n) is 4.27. The molecule has 0 unspecified atom stereocenters. The van der Waals surface area contributed by atoms with Crippen LogP contribution in [0.25, 0.3) is 0 Å². The molecule has 0 fully saturated rings. The van der Waals surface area contributed by atoms with Gasteiger partial charge in [-0.1, -0.05) is 54.1 Å². The summed E-state index contributed by atoms with van der Waals surface area (Å²) in [7, 11) is -2.48. The zero-order valence-electron chi connectivity index (χ0n) is 23.8. The number of amides is 1. The SMILES string of the molecule is COc1cc(/C=N\NC(=O)CN(c2cc(C)cc(C)c2)S(=O)(=O)c2ccccc2)cc(Br)c1OCc1ccc(C)cc1. The second-order valence-corrected chi connectivity index (χ2v) is 12.5. The summed E-state index contributed by atoms with van der Waals surface area (Å²) in [6.07, 6.45) is 1.45. The second kappa shape index (κ2) is 13.7. The number of anilines is 1. The summed E-state index contributed by atoms with van der Waals surface area (Å²) in [6, 6.07) is 25.0. The van der Waals surface area contributed by atoms with Gasteiger partial charge in [0.15, 0.2) is 11.5 Å². The minimum absolute atomic E-state index is 0.0853. The maximum Gasteiger partial charge on any atom is 0.264 e. The van der Waals surface area contributed by atoms with Gasteiger partial charge >= 0.3 is 0 Å². The third kappa shape index (κ3) is 7.77. The van der Waals surface area contributed by atoms with Crippen molar-refractivity contribution in [3.63, 3.8) is 0 Å². The van der Waals surface area contributed by atoms with Gasteiger partial charge in [0.1, 0.15) is 13.2 Å². The average molecular weight is 651 g/mol. The predicted molar refractivity (Wildman–Crippen MR) is 169 cm³/mol. The second-order valence-electron chi connectivity index (χ2n) is 9.77. The summed E-state index contributed by atoms with van der Waals surface area (Å²) in [5, 5.41) is 4.06. The molecule has 0 saturated carbocycles. The fourth-order valence-corrected chi connectivity index (χ4v) is 6.27. The van der Waals surface area contributed by atoms with Crippen molar-refractivity contribution in [3.8, 4) is 11.5 Å². The quantitative estimate of drug-likeness (QED) is 0.152. The van der Waals surface area contributed by atoms with Crippen LogP contribution >= 0.6 is 15.9 Å². The van der Waals surface area contributed by atoms with Crippen molar-refractivity contribution in [1.82, 2.24) is 5.43 Å². The number of carbonyl (C=O) groups excluding carboxylic acids is 1. The molecule has 0 saturated heterocycles. The number of rotatable bonds is 11. The Labute approximate surface area is 255 Å². The van der Waals surface area contributed by atoms with E-state index in [1.807, 2.05) is 51.1 Å². The van der Waals surface area contributed by atoms with E-state index >= 15 is 0 Å². The Morgan fingerprint density at radius 3 is 2.24 bits per heavy atom. The number of nitrogens with zero attached hydrogens (tertiary/aromatic N) is 2. The largest absolute Gasteiger partial charge is 0.493 e. The number of aryl methyl sites for hydroxylation is 3. The van der Waals surface area contributed by atoms with Crippen LogP contribution in [-0.2, 0) is 21.4 Å². The van der Waals surface area contributed by atoms with Crippen LogP contribution in [0.5, 0.6) is 11.5 Å². The van der Waals surface area contributed by atoms with Gasteiger partial charge in [-0.15, -0.1) is 0 Å². The van der Waals surface area contributed by atoms with E-state index in [4.69, 9.17) is 9.47 Å². The van der Waals surface area contributed by atoms with Gasteiger partial charge in [-0.05, 0) is 95.4 Å². The number of halogens is 1. The Balaban J connectivity index is 1.49. The number of ether oxygens (including phenoxy) is 2. The number of hydrazone groups is 1. The number of benzene rings is 4. The van der Waals surface area contributed by atoms with Crippen molar-refractivity contribution >= 4 is 43.8 Å². The van der Waals surface area contributed by atoms with E-state index in [9.17, 15) is 13.2 Å².